The van der Waals surface area contributed by atoms with Gasteiger partial charge in [0, 0.05) is 36.4 Å². The molecule has 4 nitrogen and oxygen atoms in total. The zero-order valence-corrected chi connectivity index (χ0v) is 11.9. The molecule has 1 aromatic heterocycles. The lowest BCUT2D eigenvalue weighted by atomic mass is 10.2. The third-order valence-corrected chi connectivity index (χ3v) is 3.98. The minimum Gasteiger partial charge on any atom is -0.348 e. The molecule has 5 heteroatoms. The lowest BCUT2D eigenvalue weighted by Gasteiger charge is -2.24. The maximum Gasteiger partial charge on any atom is 0.293 e. The molecule has 2 rings (SSSR count). The van der Waals surface area contributed by atoms with Crippen molar-refractivity contribution in [2.45, 2.75) is 38.8 Å². The van der Waals surface area contributed by atoms with Gasteiger partial charge < -0.3 is 9.47 Å². The van der Waals surface area contributed by atoms with Gasteiger partial charge in [0.15, 0.2) is 5.82 Å². The molecule has 0 amide bonds. The van der Waals surface area contributed by atoms with E-state index in [2.05, 4.69) is 25.8 Å². The highest BCUT2D eigenvalue weighted by Crippen LogP contribution is 2.22. The predicted octanol–water partition coefficient (Wildman–Crippen LogP) is 2.19. The van der Waals surface area contributed by atoms with E-state index in [-0.39, 0.29) is 11.6 Å². The number of nitrogens with zero attached hydrogens (tertiary/aromatic N) is 3. The molecule has 94 valence electrons. The lowest BCUT2D eigenvalue weighted by Crippen LogP contribution is -2.37. The third kappa shape index (κ3) is 2.39. The van der Waals surface area contributed by atoms with Crippen molar-refractivity contribution in [2.24, 2.45) is 0 Å². The van der Waals surface area contributed by atoms with Gasteiger partial charge in [-0.25, -0.2) is 4.98 Å². The first kappa shape index (κ1) is 12.6. The molecule has 0 spiro atoms. The van der Waals surface area contributed by atoms with E-state index in [0.717, 1.165) is 24.7 Å². The number of aromatic nitrogens is 2. The molecule has 1 fully saturated rings. The van der Waals surface area contributed by atoms with E-state index in [0.29, 0.717) is 11.9 Å². The Balaban J connectivity index is 2.39. The average Bonchev–Trinajstić information content (AvgIpc) is 2.76. The highest BCUT2D eigenvalue weighted by molar-refractivity contribution is 9.09. The standard InChI is InChI=1S/C12H18BrN3O/c1-9(2)15-7-5-14-11(12(15)17)16-6-3-4-10(16)8-13/h5,7,9-10H,3-4,6,8H2,1-2H3. The summed E-state index contributed by atoms with van der Waals surface area (Å²) in [6, 6.07) is 0.576. The highest BCUT2D eigenvalue weighted by Gasteiger charge is 2.27. The number of rotatable bonds is 3. The normalized spacial score (nSPS) is 20.2. The van der Waals surface area contributed by atoms with Crippen molar-refractivity contribution in [3.05, 3.63) is 22.7 Å². The van der Waals surface area contributed by atoms with Crippen molar-refractivity contribution in [1.29, 1.82) is 0 Å². The smallest absolute Gasteiger partial charge is 0.293 e. The molecule has 0 saturated carbocycles. The molecule has 1 aliphatic rings. The number of hydrogen-bond donors (Lipinski definition) is 0. The topological polar surface area (TPSA) is 38.1 Å². The van der Waals surface area contributed by atoms with Crippen LogP contribution in [-0.2, 0) is 0 Å². The summed E-state index contributed by atoms with van der Waals surface area (Å²) in [6.45, 7) is 4.95. The molecule has 1 aliphatic heterocycles. The Morgan fingerprint density at radius 3 is 3.00 bits per heavy atom. The molecule has 0 aromatic carbocycles. The second kappa shape index (κ2) is 5.21. The molecule has 0 aliphatic carbocycles. The van der Waals surface area contributed by atoms with Gasteiger partial charge in [0.25, 0.3) is 5.56 Å². The second-order valence-corrected chi connectivity index (χ2v) is 5.35. The first-order chi connectivity index (χ1) is 8.15. The molecule has 17 heavy (non-hydrogen) atoms. The van der Waals surface area contributed by atoms with Crippen molar-refractivity contribution >= 4 is 21.7 Å². The van der Waals surface area contributed by atoms with Crippen molar-refractivity contribution in [3.63, 3.8) is 0 Å². The minimum absolute atomic E-state index is 0.0235. The Morgan fingerprint density at radius 1 is 1.59 bits per heavy atom. The van der Waals surface area contributed by atoms with Crippen LogP contribution in [0.4, 0.5) is 5.82 Å². The van der Waals surface area contributed by atoms with Crippen LogP contribution in [0.15, 0.2) is 17.2 Å². The van der Waals surface area contributed by atoms with Crippen LogP contribution in [-0.4, -0.2) is 27.5 Å². The van der Waals surface area contributed by atoms with Gasteiger partial charge in [-0.15, -0.1) is 0 Å². The molecular weight excluding hydrogens is 282 g/mol. The fourth-order valence-electron chi connectivity index (χ4n) is 2.29. The van der Waals surface area contributed by atoms with Crippen LogP contribution in [0.3, 0.4) is 0 Å². The third-order valence-electron chi connectivity index (χ3n) is 3.23. The van der Waals surface area contributed by atoms with Crippen LogP contribution in [0.25, 0.3) is 0 Å². The largest absolute Gasteiger partial charge is 0.348 e. The lowest BCUT2D eigenvalue weighted by molar-refractivity contribution is 0.570. The zero-order chi connectivity index (χ0) is 12.4. The van der Waals surface area contributed by atoms with Crippen LogP contribution < -0.4 is 10.5 Å². The van der Waals surface area contributed by atoms with Crippen LogP contribution in [0.1, 0.15) is 32.7 Å². The molecule has 0 bridgehead atoms. The van der Waals surface area contributed by atoms with E-state index in [1.807, 2.05) is 13.8 Å². The number of hydrogen-bond acceptors (Lipinski definition) is 3. The fourth-order valence-corrected chi connectivity index (χ4v) is 2.97. The summed E-state index contributed by atoms with van der Waals surface area (Å²) in [5.74, 6) is 0.600. The van der Waals surface area contributed by atoms with E-state index in [4.69, 9.17) is 0 Å². The second-order valence-electron chi connectivity index (χ2n) is 4.70. The van der Waals surface area contributed by atoms with Gasteiger partial charge in [0.05, 0.1) is 0 Å². The Morgan fingerprint density at radius 2 is 2.35 bits per heavy atom. The Labute approximate surface area is 110 Å². The Hall–Kier alpha value is -0.840. The van der Waals surface area contributed by atoms with Gasteiger partial charge in [-0.1, -0.05) is 15.9 Å². The van der Waals surface area contributed by atoms with Crippen molar-refractivity contribution in [2.75, 3.05) is 16.8 Å². The van der Waals surface area contributed by atoms with Gasteiger partial charge in [-0.2, -0.15) is 0 Å². The first-order valence-electron chi connectivity index (χ1n) is 6.05. The van der Waals surface area contributed by atoms with Crippen LogP contribution in [0.5, 0.6) is 0 Å². The summed E-state index contributed by atoms with van der Waals surface area (Å²) in [6.07, 6.45) is 5.74. The maximum atomic E-state index is 12.3. The van der Waals surface area contributed by atoms with E-state index in [1.165, 1.54) is 0 Å². The van der Waals surface area contributed by atoms with Crippen molar-refractivity contribution < 1.29 is 0 Å². The van der Waals surface area contributed by atoms with E-state index >= 15 is 0 Å². The van der Waals surface area contributed by atoms with Crippen LogP contribution >= 0.6 is 15.9 Å². The monoisotopic (exact) mass is 299 g/mol. The fraction of sp³-hybridized carbons (Fsp3) is 0.667. The van der Waals surface area contributed by atoms with Crippen molar-refractivity contribution in [1.82, 2.24) is 9.55 Å². The zero-order valence-electron chi connectivity index (χ0n) is 10.3. The van der Waals surface area contributed by atoms with E-state index in [1.54, 1.807) is 17.0 Å². The summed E-state index contributed by atoms with van der Waals surface area (Å²) >= 11 is 3.51. The van der Waals surface area contributed by atoms with Gasteiger partial charge in [-0.05, 0) is 26.7 Å². The Bertz CT molecular complexity index is 444. The van der Waals surface area contributed by atoms with Crippen LogP contribution in [0.2, 0.25) is 0 Å². The first-order valence-corrected chi connectivity index (χ1v) is 7.17. The van der Waals surface area contributed by atoms with Crippen LogP contribution in [0, 0.1) is 0 Å². The molecule has 0 radical (unpaired) electrons. The van der Waals surface area contributed by atoms with Gasteiger partial charge in [0.1, 0.15) is 0 Å². The number of halogens is 1. The van der Waals surface area contributed by atoms with Gasteiger partial charge in [-0.3, -0.25) is 4.79 Å². The number of alkyl halides is 1. The van der Waals surface area contributed by atoms with Gasteiger partial charge >= 0.3 is 0 Å². The molecule has 1 atom stereocenters. The van der Waals surface area contributed by atoms with E-state index in [9.17, 15) is 4.79 Å². The number of anilines is 1. The Kier molecular flexibility index (Phi) is 3.86. The highest BCUT2D eigenvalue weighted by atomic mass is 79.9. The molecule has 0 N–H and O–H groups in total. The minimum atomic E-state index is 0.0235. The summed E-state index contributed by atoms with van der Waals surface area (Å²) in [4.78, 5) is 18.7. The average molecular weight is 300 g/mol. The van der Waals surface area contributed by atoms with E-state index < -0.39 is 0 Å². The summed E-state index contributed by atoms with van der Waals surface area (Å²) < 4.78 is 1.74. The summed E-state index contributed by atoms with van der Waals surface area (Å²) in [5.41, 5.74) is 0.0235. The maximum absolute atomic E-state index is 12.3. The molecule has 2 heterocycles. The summed E-state index contributed by atoms with van der Waals surface area (Å²) in [5, 5.41) is 0.894. The molecule has 1 saturated heterocycles. The van der Waals surface area contributed by atoms with Crippen molar-refractivity contribution in [3.8, 4) is 0 Å². The van der Waals surface area contributed by atoms with Gasteiger partial charge in [0.2, 0.25) is 0 Å². The molecule has 1 unspecified atom stereocenters. The predicted molar refractivity (Wildman–Crippen MR) is 73.0 cm³/mol. The quantitative estimate of drug-likeness (QED) is 0.803. The molecular formula is C12H18BrN3O. The molecule has 1 aromatic rings. The summed E-state index contributed by atoms with van der Waals surface area (Å²) in [7, 11) is 0. The SMILES string of the molecule is CC(C)n1ccnc(N2CCCC2CBr)c1=O.